The number of unbranched alkanes of at least 4 members (excludes halogenated alkanes) is 1. The minimum Gasteiger partial charge on any atom is -0.466 e. The molecule has 2 saturated heterocycles. The van der Waals surface area contributed by atoms with Gasteiger partial charge in [-0.1, -0.05) is 158 Å². The SMILES string of the molecule is CC1=C(C)C2OC(C)(CCCC(C)CCCC(C)CCCC(C)C)CCC2C(C)=C1OC(=O)CCC(=O)OCCCN(C)CCCCSCCN(C)CCCOC(=O)CCC(=O)OC1=C(C)C2CCC(C)(CCCC(C)CCCC(C)CCCC(C)C)OC2C(C)=C1C. The van der Waals surface area contributed by atoms with E-state index in [9.17, 15) is 19.2 Å². The molecule has 2 heterocycles. The fourth-order valence-corrected chi connectivity index (χ4v) is 15.9. The summed E-state index contributed by atoms with van der Waals surface area (Å²) in [6.45, 7) is 40.4. The lowest BCUT2D eigenvalue weighted by atomic mass is 9.73. The number of hydrogen-bond acceptors (Lipinski definition) is 13. The molecule has 2 fully saturated rings. The van der Waals surface area contributed by atoms with E-state index < -0.39 is 11.9 Å². The van der Waals surface area contributed by atoms with Gasteiger partial charge in [0.2, 0.25) is 0 Å². The van der Waals surface area contributed by atoms with Gasteiger partial charge in [0, 0.05) is 37.2 Å². The van der Waals surface area contributed by atoms with Crippen molar-refractivity contribution in [3.8, 4) is 0 Å². The van der Waals surface area contributed by atoms with E-state index in [1.807, 2.05) is 25.6 Å². The molecule has 4 aliphatic rings. The molecule has 0 aromatic carbocycles. The number of ether oxygens (including phenoxy) is 6. The van der Waals surface area contributed by atoms with Gasteiger partial charge in [-0.05, 0) is 215 Å². The quantitative estimate of drug-likeness (QED) is 0.0326. The second kappa shape index (κ2) is 43.4. The average Bonchev–Trinajstić information content (AvgIpc) is 0.785. The first-order valence-electron chi connectivity index (χ1n) is 37.9. The molecular formula is C80H140N2O10S. The van der Waals surface area contributed by atoms with Crippen molar-refractivity contribution >= 4 is 35.6 Å². The van der Waals surface area contributed by atoms with E-state index in [2.05, 4.69) is 121 Å². The summed E-state index contributed by atoms with van der Waals surface area (Å²) in [6.07, 6.45) is 30.9. The molecule has 0 aromatic heterocycles. The zero-order valence-corrected chi connectivity index (χ0v) is 63.8. The largest absolute Gasteiger partial charge is 0.466 e. The Bertz CT molecular complexity index is 2220. The zero-order chi connectivity index (χ0) is 68.7. The lowest BCUT2D eigenvalue weighted by Crippen LogP contribution is -2.45. The first kappa shape index (κ1) is 82.5. The van der Waals surface area contributed by atoms with Crippen LogP contribution in [0.15, 0.2) is 45.0 Å². The van der Waals surface area contributed by atoms with Crippen molar-refractivity contribution < 1.29 is 47.6 Å². The molecule has 10 atom stereocenters. The molecule has 2 aliphatic heterocycles. The van der Waals surface area contributed by atoms with Crippen LogP contribution < -0.4 is 0 Å². The third kappa shape index (κ3) is 31.2. The first-order valence-corrected chi connectivity index (χ1v) is 39.1. The second-order valence-electron chi connectivity index (χ2n) is 31.6. The van der Waals surface area contributed by atoms with Crippen LogP contribution in [0.4, 0.5) is 0 Å². The molecule has 13 heteroatoms. The van der Waals surface area contributed by atoms with E-state index >= 15 is 0 Å². The first-order chi connectivity index (χ1) is 44.1. The van der Waals surface area contributed by atoms with Crippen molar-refractivity contribution in [2.45, 2.75) is 327 Å². The average molecular weight is 1320 g/mol. The van der Waals surface area contributed by atoms with Gasteiger partial charge in [0.25, 0.3) is 0 Å². The summed E-state index contributed by atoms with van der Waals surface area (Å²) in [5.74, 6) is 7.06. The summed E-state index contributed by atoms with van der Waals surface area (Å²) in [6, 6.07) is 0. The Balaban J connectivity index is 0.972. The van der Waals surface area contributed by atoms with Gasteiger partial charge in [-0.25, -0.2) is 0 Å². The molecule has 0 saturated carbocycles. The normalized spacial score (nSPS) is 23.2. The van der Waals surface area contributed by atoms with E-state index in [1.54, 1.807) is 0 Å². The van der Waals surface area contributed by atoms with Gasteiger partial charge in [-0.2, -0.15) is 11.8 Å². The van der Waals surface area contributed by atoms with E-state index in [0.717, 1.165) is 171 Å². The van der Waals surface area contributed by atoms with E-state index in [4.69, 9.17) is 28.4 Å². The van der Waals surface area contributed by atoms with Crippen LogP contribution in [0.1, 0.15) is 303 Å². The number of carbonyl (C=O) groups is 4. The predicted octanol–water partition coefficient (Wildman–Crippen LogP) is 20.1. The number of fused-ring (bicyclic) bond motifs is 2. The maximum atomic E-state index is 13.1. The summed E-state index contributed by atoms with van der Waals surface area (Å²) in [7, 11) is 4.21. The Morgan fingerprint density at radius 1 is 0.441 bits per heavy atom. The smallest absolute Gasteiger partial charge is 0.311 e. The molecule has 93 heavy (non-hydrogen) atoms. The van der Waals surface area contributed by atoms with Crippen LogP contribution in [0.5, 0.6) is 0 Å². The Morgan fingerprint density at radius 2 is 0.785 bits per heavy atom. The number of rotatable bonds is 48. The lowest BCUT2D eigenvalue weighted by molar-refractivity contribution is -0.149. The van der Waals surface area contributed by atoms with Crippen LogP contribution in [-0.2, 0) is 47.6 Å². The Labute approximate surface area is 574 Å². The lowest BCUT2D eigenvalue weighted by Gasteiger charge is -2.46. The van der Waals surface area contributed by atoms with Gasteiger partial charge in [-0.3, -0.25) is 19.2 Å². The molecule has 4 rings (SSSR count). The van der Waals surface area contributed by atoms with E-state index in [-0.39, 0.29) is 72.9 Å². The molecule has 12 nitrogen and oxygen atoms in total. The van der Waals surface area contributed by atoms with Crippen LogP contribution in [0.2, 0.25) is 0 Å². The molecule has 0 spiro atoms. The molecule has 0 radical (unpaired) electrons. The predicted molar refractivity (Wildman–Crippen MR) is 387 cm³/mol. The second-order valence-corrected chi connectivity index (χ2v) is 32.9. The molecule has 0 aromatic rings. The van der Waals surface area contributed by atoms with Crippen molar-refractivity contribution in [1.29, 1.82) is 0 Å². The fourth-order valence-electron chi connectivity index (χ4n) is 14.8. The number of thioether (sulfide) groups is 1. The topological polar surface area (TPSA) is 130 Å². The minimum absolute atomic E-state index is 0.00183. The molecule has 10 unspecified atom stereocenters. The minimum atomic E-state index is -0.400. The maximum absolute atomic E-state index is 13.1. The van der Waals surface area contributed by atoms with Crippen molar-refractivity contribution in [3.05, 3.63) is 45.0 Å². The number of carbonyl (C=O) groups excluding carboxylic acids is 4. The van der Waals surface area contributed by atoms with Crippen LogP contribution >= 0.6 is 11.8 Å². The summed E-state index contributed by atoms with van der Waals surface area (Å²) in [5, 5.41) is 0. The third-order valence-electron chi connectivity index (χ3n) is 21.7. The number of allylic oxidation sites excluding steroid dienone is 2. The van der Waals surface area contributed by atoms with Crippen LogP contribution in [0, 0.1) is 47.3 Å². The highest BCUT2D eigenvalue weighted by Crippen LogP contribution is 2.49. The molecular weight excluding hydrogens is 1180 g/mol. The number of hydrogen-bond donors (Lipinski definition) is 0. The molecule has 536 valence electrons. The van der Waals surface area contributed by atoms with Gasteiger partial charge >= 0.3 is 23.9 Å². The monoisotopic (exact) mass is 1320 g/mol. The van der Waals surface area contributed by atoms with Gasteiger partial charge in [0.1, 0.15) is 11.5 Å². The van der Waals surface area contributed by atoms with Gasteiger partial charge in [0.05, 0.1) is 62.3 Å². The highest BCUT2D eigenvalue weighted by molar-refractivity contribution is 7.99. The van der Waals surface area contributed by atoms with Crippen LogP contribution in [-0.4, -0.2) is 122 Å². The molecule has 0 bridgehead atoms. The summed E-state index contributed by atoms with van der Waals surface area (Å²) in [5.41, 5.74) is 6.08. The third-order valence-corrected chi connectivity index (χ3v) is 22.8. The highest BCUT2D eigenvalue weighted by Gasteiger charge is 2.45. The van der Waals surface area contributed by atoms with E-state index in [1.165, 1.54) is 103 Å². The fraction of sp³-hybridized carbons (Fsp3) is 0.850. The van der Waals surface area contributed by atoms with Gasteiger partial charge < -0.3 is 38.2 Å². The highest BCUT2D eigenvalue weighted by atomic mass is 32.2. The van der Waals surface area contributed by atoms with Crippen molar-refractivity contribution in [1.82, 2.24) is 9.80 Å². The Morgan fingerprint density at radius 3 is 1.17 bits per heavy atom. The maximum Gasteiger partial charge on any atom is 0.311 e. The standard InChI is InChI=1S/C80H140N2O10S/c1-57(2)29-21-31-59(5)33-23-35-61(7)37-25-45-79(15)47-43-69-67(13)75(63(9)65(11)77(69)91-79)89-73(85)41-39-71(83)87-53-27-50-81(17)49-19-20-55-93-56-52-82(18)51-28-54-88-72(84)40-42-74(86)90-76-64(10)66(12)78-70(68(76)14)44-48-80(16,92-78)46-26-38-62(8)36-24-34-60(6)32-22-30-58(3)4/h57-62,69-70,77-78H,19-56H2,1-18H3. The van der Waals surface area contributed by atoms with Crippen molar-refractivity contribution in [2.75, 3.05) is 65.0 Å². The van der Waals surface area contributed by atoms with Crippen molar-refractivity contribution in [3.63, 3.8) is 0 Å². The van der Waals surface area contributed by atoms with Crippen molar-refractivity contribution in [2.24, 2.45) is 47.3 Å². The van der Waals surface area contributed by atoms with E-state index in [0.29, 0.717) is 24.7 Å². The Hall–Kier alpha value is -2.97. The van der Waals surface area contributed by atoms with Gasteiger partial charge in [-0.15, -0.1) is 0 Å². The molecule has 0 N–H and O–H groups in total. The summed E-state index contributed by atoms with van der Waals surface area (Å²) in [4.78, 5) is 56.1. The van der Waals surface area contributed by atoms with Crippen LogP contribution in [0.25, 0.3) is 0 Å². The molecule has 0 amide bonds. The summed E-state index contributed by atoms with van der Waals surface area (Å²) < 4.78 is 37.0. The number of nitrogens with zero attached hydrogens (tertiary/aromatic N) is 2. The zero-order valence-electron chi connectivity index (χ0n) is 63.0. The Kier molecular flexibility index (Phi) is 38.5. The number of esters is 4. The van der Waals surface area contributed by atoms with Crippen LogP contribution in [0.3, 0.4) is 0 Å². The summed E-state index contributed by atoms with van der Waals surface area (Å²) >= 11 is 1.96. The molecule has 2 aliphatic carbocycles. The van der Waals surface area contributed by atoms with Gasteiger partial charge in [0.15, 0.2) is 0 Å².